The van der Waals surface area contributed by atoms with Crippen LogP contribution in [0.1, 0.15) is 181 Å². The first kappa shape index (κ1) is 51.8. The molecule has 2 saturated heterocycles. The maximum atomic E-state index is 14.1. The second-order valence-electron chi connectivity index (χ2n) is 21.8. The van der Waals surface area contributed by atoms with E-state index in [4.69, 9.17) is 23.7 Å². The molecule has 0 bridgehead atoms. The first-order chi connectivity index (χ1) is 31.2. The van der Waals surface area contributed by atoms with Gasteiger partial charge in [0.25, 0.3) is 0 Å². The van der Waals surface area contributed by atoms with Crippen molar-refractivity contribution >= 4 is 29.8 Å². The average Bonchev–Trinajstić information content (AvgIpc) is 3.73. The number of rotatable bonds is 20. The van der Waals surface area contributed by atoms with E-state index in [1.54, 1.807) is 39.0 Å². The number of allylic oxidation sites excluding steroid dienone is 1. The number of benzene rings is 1. The summed E-state index contributed by atoms with van der Waals surface area (Å²) in [5, 5.41) is 26.1. The topological polar surface area (TPSA) is 182 Å². The molecular formula is C53H80N2O11. The Bertz CT molecular complexity index is 1910. The molecule has 13 nitrogen and oxygen atoms in total. The third-order valence-corrected chi connectivity index (χ3v) is 14.7. The molecule has 368 valence electrons. The number of carbonyl (C=O) groups excluding carboxylic acids is 4. The first-order valence-electron chi connectivity index (χ1n) is 25.1. The summed E-state index contributed by atoms with van der Waals surface area (Å²) in [5.74, 6) is -2.15. The molecule has 4 N–H and O–H groups in total. The van der Waals surface area contributed by atoms with E-state index in [-0.39, 0.29) is 30.4 Å². The van der Waals surface area contributed by atoms with Gasteiger partial charge in [-0.15, -0.1) is 0 Å². The maximum Gasteiger partial charge on any atom is 0.338 e. The highest BCUT2D eigenvalue weighted by Crippen LogP contribution is 2.60. The number of carbonyl (C=O) groups is 4. The standard InChI is InChI=1S/C53H80N2O11/c1-10-12-14-25-53(26-15-13-11-2)63-42-30-37(47(59)55-45(33(3)57)48(60)54-38(32-56)21-23-44(58)65-50(4,5)6)29-41(46(42)66-53)62-49(61)35-18-16-34(17-19-35)28-36-20-22-43-52(9,64-43)27-24-40-39(36)31-51(40,7)8/h16-19,28,30,33,38-43,45-46,56-57H,10-15,20-27,29,31-32H2,1-9H3,(H,54,60)(H,55,59). The van der Waals surface area contributed by atoms with Crippen molar-refractivity contribution in [1.82, 2.24) is 10.6 Å². The number of epoxide rings is 1. The third kappa shape index (κ3) is 13.1. The second-order valence-corrected chi connectivity index (χ2v) is 21.8. The largest absolute Gasteiger partial charge is 0.460 e. The number of esters is 2. The fourth-order valence-electron chi connectivity index (χ4n) is 10.8. The van der Waals surface area contributed by atoms with Gasteiger partial charge < -0.3 is 44.5 Å². The summed E-state index contributed by atoms with van der Waals surface area (Å²) in [6.07, 6.45) is 13.3. The molecule has 4 fully saturated rings. The van der Waals surface area contributed by atoms with Gasteiger partial charge in [0.2, 0.25) is 11.8 Å². The predicted octanol–water partition coefficient (Wildman–Crippen LogP) is 8.42. The zero-order valence-corrected chi connectivity index (χ0v) is 41.2. The van der Waals surface area contributed by atoms with E-state index in [1.807, 2.05) is 12.1 Å². The van der Waals surface area contributed by atoms with Gasteiger partial charge >= 0.3 is 11.9 Å². The molecule has 0 spiro atoms. The zero-order chi connectivity index (χ0) is 48.0. The minimum atomic E-state index is -1.40. The van der Waals surface area contributed by atoms with E-state index >= 15 is 0 Å². The van der Waals surface area contributed by atoms with Crippen molar-refractivity contribution < 1.29 is 53.1 Å². The first-order valence-corrected chi connectivity index (χ1v) is 25.1. The number of amides is 2. The molecule has 0 radical (unpaired) electrons. The molecule has 6 rings (SSSR count). The lowest BCUT2D eigenvalue weighted by molar-refractivity contribution is -0.190. The van der Waals surface area contributed by atoms with Gasteiger partial charge in [0, 0.05) is 31.3 Å². The van der Waals surface area contributed by atoms with Crippen molar-refractivity contribution in [3.8, 4) is 0 Å². The quantitative estimate of drug-likeness (QED) is 0.0560. The Kier molecular flexibility index (Phi) is 17.1. The molecule has 66 heavy (non-hydrogen) atoms. The van der Waals surface area contributed by atoms with Gasteiger partial charge in [-0.3, -0.25) is 14.4 Å². The van der Waals surface area contributed by atoms with Crippen LogP contribution in [0.3, 0.4) is 0 Å². The van der Waals surface area contributed by atoms with Crippen LogP contribution in [0.4, 0.5) is 0 Å². The SMILES string of the molecule is CCCCCC1(CCCCC)OC2C=C(C(=O)NC(C(=O)NC(CO)CCC(=O)OC(C)(C)C)C(C)O)CC(OC(=O)c3ccc(C=C4CCC5OC5(C)CCC5C4CC5(C)C)cc3)C2O1. The fourth-order valence-corrected chi connectivity index (χ4v) is 10.8. The molecule has 0 aromatic heterocycles. The minimum Gasteiger partial charge on any atom is -0.460 e. The van der Waals surface area contributed by atoms with Gasteiger partial charge in [-0.25, -0.2) is 4.79 Å². The number of ether oxygens (including phenoxy) is 5. The van der Waals surface area contributed by atoms with E-state index in [2.05, 4.69) is 51.3 Å². The Balaban J connectivity index is 1.18. The van der Waals surface area contributed by atoms with Gasteiger partial charge in [-0.1, -0.05) is 77.2 Å². The van der Waals surface area contributed by atoms with Gasteiger partial charge in [0.1, 0.15) is 30.0 Å². The van der Waals surface area contributed by atoms with E-state index in [1.165, 1.54) is 25.3 Å². The van der Waals surface area contributed by atoms with E-state index in [0.29, 0.717) is 41.8 Å². The number of fused-ring (bicyclic) bond motifs is 3. The van der Waals surface area contributed by atoms with E-state index in [0.717, 1.165) is 63.4 Å². The summed E-state index contributed by atoms with van der Waals surface area (Å²) >= 11 is 0. The summed E-state index contributed by atoms with van der Waals surface area (Å²) in [7, 11) is 0. The summed E-state index contributed by atoms with van der Waals surface area (Å²) < 4.78 is 31.4. The van der Waals surface area contributed by atoms with Crippen LogP contribution in [0.2, 0.25) is 0 Å². The molecule has 10 unspecified atom stereocenters. The molecule has 2 aliphatic heterocycles. The van der Waals surface area contributed by atoms with Crippen molar-refractivity contribution in [2.24, 2.45) is 17.3 Å². The molecule has 10 atom stereocenters. The van der Waals surface area contributed by atoms with Gasteiger partial charge in [0.15, 0.2) is 5.79 Å². The van der Waals surface area contributed by atoms with Crippen molar-refractivity contribution in [3.05, 3.63) is 52.6 Å². The summed E-state index contributed by atoms with van der Waals surface area (Å²) in [6, 6.07) is 5.29. The number of unbranched alkanes of at least 4 members (excludes halogenated alkanes) is 4. The fraction of sp³-hybridized carbons (Fsp3) is 0.736. The highest BCUT2D eigenvalue weighted by atomic mass is 16.8. The van der Waals surface area contributed by atoms with Crippen molar-refractivity contribution in [2.75, 3.05) is 6.61 Å². The van der Waals surface area contributed by atoms with Gasteiger partial charge in [0.05, 0.1) is 36.0 Å². The Morgan fingerprint density at radius 2 is 1.62 bits per heavy atom. The summed E-state index contributed by atoms with van der Waals surface area (Å²) in [5.41, 5.74) is 2.73. The zero-order valence-electron chi connectivity index (χ0n) is 41.2. The molecule has 2 heterocycles. The summed E-state index contributed by atoms with van der Waals surface area (Å²) in [6.45, 7) is 17.5. The van der Waals surface area contributed by atoms with Crippen LogP contribution in [-0.4, -0.2) is 100 Å². The van der Waals surface area contributed by atoms with E-state index in [9.17, 15) is 29.4 Å². The van der Waals surface area contributed by atoms with Crippen LogP contribution in [0.25, 0.3) is 6.08 Å². The van der Waals surface area contributed by atoms with Crippen molar-refractivity contribution in [3.63, 3.8) is 0 Å². The van der Waals surface area contributed by atoms with E-state index < -0.39 is 78.2 Å². The highest BCUT2D eigenvalue weighted by Gasteiger charge is 2.56. The molecule has 5 aliphatic rings. The van der Waals surface area contributed by atoms with Gasteiger partial charge in [-0.05, 0) is 127 Å². The lowest BCUT2D eigenvalue weighted by atomic mass is 9.52. The molecule has 13 heteroatoms. The van der Waals surface area contributed by atoms with Gasteiger partial charge in [-0.2, -0.15) is 0 Å². The molecule has 1 aromatic carbocycles. The van der Waals surface area contributed by atoms with Crippen LogP contribution in [0, 0.1) is 17.3 Å². The second kappa shape index (κ2) is 21.8. The van der Waals surface area contributed by atoms with Crippen LogP contribution in [0.5, 0.6) is 0 Å². The monoisotopic (exact) mass is 921 g/mol. The molecule has 2 amide bonds. The van der Waals surface area contributed by atoms with Crippen molar-refractivity contribution in [2.45, 2.75) is 225 Å². The summed E-state index contributed by atoms with van der Waals surface area (Å²) in [4.78, 5) is 54.1. The predicted molar refractivity (Wildman–Crippen MR) is 252 cm³/mol. The Labute approximate surface area is 393 Å². The Hall–Kier alpha value is -3.62. The molecule has 1 aromatic rings. The number of nitrogens with one attached hydrogen (secondary N) is 2. The lowest BCUT2D eigenvalue weighted by Crippen LogP contribution is -2.55. The van der Waals surface area contributed by atoms with Crippen LogP contribution < -0.4 is 10.6 Å². The number of hydrogen-bond acceptors (Lipinski definition) is 11. The van der Waals surface area contributed by atoms with Crippen molar-refractivity contribution in [1.29, 1.82) is 0 Å². The smallest absolute Gasteiger partial charge is 0.338 e. The minimum absolute atomic E-state index is 0.0156. The normalized spacial score (nSPS) is 29.4. The third-order valence-electron chi connectivity index (χ3n) is 14.7. The van der Waals surface area contributed by atoms with Crippen LogP contribution in [0.15, 0.2) is 41.5 Å². The lowest BCUT2D eigenvalue weighted by Gasteiger charge is -2.53. The van der Waals surface area contributed by atoms with Crippen LogP contribution >= 0.6 is 0 Å². The maximum absolute atomic E-state index is 14.1. The Morgan fingerprint density at radius 3 is 2.23 bits per heavy atom. The highest BCUT2D eigenvalue weighted by molar-refractivity contribution is 5.97. The molecule has 3 aliphatic carbocycles. The number of aliphatic hydroxyl groups excluding tert-OH is 2. The molecule has 2 saturated carbocycles. The van der Waals surface area contributed by atoms with Crippen LogP contribution in [-0.2, 0) is 38.1 Å². The molecular weight excluding hydrogens is 841 g/mol. The Morgan fingerprint density at radius 1 is 0.939 bits per heavy atom. The number of aliphatic hydroxyl groups is 2. The number of hydrogen-bond donors (Lipinski definition) is 4. The average molecular weight is 921 g/mol.